The van der Waals surface area contributed by atoms with Crippen LogP contribution in [-0.4, -0.2) is 10.5 Å². The molecule has 1 N–H and O–H groups in total. The van der Waals surface area contributed by atoms with Crippen LogP contribution in [0.25, 0.3) is 0 Å². The average Bonchev–Trinajstić information content (AvgIpc) is 3.22. The highest BCUT2D eigenvalue weighted by atomic mass is 35.5. The lowest BCUT2D eigenvalue weighted by atomic mass is 10.1. The Morgan fingerprint density at radius 2 is 2.00 bits per heavy atom. The Morgan fingerprint density at radius 3 is 2.70 bits per heavy atom. The largest absolute Gasteiger partial charge is 0.467 e. The molecule has 0 saturated heterocycles. The summed E-state index contributed by atoms with van der Waals surface area (Å²) in [6.07, 6.45) is 5.73. The van der Waals surface area contributed by atoms with E-state index in [2.05, 4.69) is 5.32 Å². The van der Waals surface area contributed by atoms with Gasteiger partial charge in [0.15, 0.2) is 0 Å². The van der Waals surface area contributed by atoms with Crippen molar-refractivity contribution in [2.24, 2.45) is 0 Å². The second kappa shape index (κ2) is 6.75. The number of carbonyl (C=O) groups is 1. The molecule has 0 fully saturated rings. The third-order valence-corrected chi connectivity index (χ3v) is 4.19. The maximum atomic E-state index is 12.5. The Morgan fingerprint density at radius 1 is 1.22 bits per heavy atom. The number of hydrogen-bond donors (Lipinski definition) is 1. The standard InChI is InChI=1S/C18H17ClN2O2/c1-13-14(19)6-4-7-15(13)20-18(22)12-16(17-8-5-11-23-17)21-9-2-3-10-21/h2-11,16H,12H2,1H3,(H,20,22)/t16-/m0/s1. The number of furan rings is 1. The molecule has 2 aromatic heterocycles. The van der Waals surface area contributed by atoms with Gasteiger partial charge in [-0.1, -0.05) is 17.7 Å². The number of nitrogens with zero attached hydrogens (tertiary/aromatic N) is 1. The minimum Gasteiger partial charge on any atom is -0.467 e. The maximum Gasteiger partial charge on any atom is 0.226 e. The number of rotatable bonds is 5. The molecular weight excluding hydrogens is 312 g/mol. The molecule has 3 aromatic rings. The van der Waals surface area contributed by atoms with Gasteiger partial charge in [0.05, 0.1) is 18.7 Å². The van der Waals surface area contributed by atoms with E-state index in [0.29, 0.717) is 5.02 Å². The Kier molecular flexibility index (Phi) is 4.53. The predicted octanol–water partition coefficient (Wildman–Crippen LogP) is 4.66. The molecule has 0 spiro atoms. The van der Waals surface area contributed by atoms with Crippen LogP contribution in [0.3, 0.4) is 0 Å². The Balaban J connectivity index is 1.78. The van der Waals surface area contributed by atoms with Crippen molar-refractivity contribution in [3.05, 3.63) is 77.5 Å². The lowest BCUT2D eigenvalue weighted by Crippen LogP contribution is -2.19. The van der Waals surface area contributed by atoms with E-state index in [4.69, 9.17) is 16.0 Å². The van der Waals surface area contributed by atoms with Crippen LogP contribution >= 0.6 is 11.6 Å². The molecule has 3 rings (SSSR count). The van der Waals surface area contributed by atoms with E-state index in [1.165, 1.54) is 0 Å². The molecule has 0 aliphatic carbocycles. The highest BCUT2D eigenvalue weighted by Gasteiger charge is 2.20. The van der Waals surface area contributed by atoms with Gasteiger partial charge < -0.3 is 14.3 Å². The molecular formula is C18H17ClN2O2. The number of carbonyl (C=O) groups excluding carboxylic acids is 1. The number of amides is 1. The van der Waals surface area contributed by atoms with Crippen molar-refractivity contribution in [1.82, 2.24) is 4.57 Å². The topological polar surface area (TPSA) is 47.2 Å². The van der Waals surface area contributed by atoms with Crippen molar-refractivity contribution in [2.45, 2.75) is 19.4 Å². The average molecular weight is 329 g/mol. The van der Waals surface area contributed by atoms with Crippen molar-refractivity contribution in [3.63, 3.8) is 0 Å². The van der Waals surface area contributed by atoms with Gasteiger partial charge in [0.25, 0.3) is 0 Å². The molecule has 1 atom stereocenters. The second-order valence-electron chi connectivity index (χ2n) is 5.33. The van der Waals surface area contributed by atoms with Crippen LogP contribution in [-0.2, 0) is 4.79 Å². The molecule has 0 radical (unpaired) electrons. The van der Waals surface area contributed by atoms with E-state index in [0.717, 1.165) is 17.0 Å². The van der Waals surface area contributed by atoms with Crippen molar-refractivity contribution >= 4 is 23.2 Å². The van der Waals surface area contributed by atoms with Gasteiger partial charge in [0.1, 0.15) is 5.76 Å². The third-order valence-electron chi connectivity index (χ3n) is 3.78. The smallest absolute Gasteiger partial charge is 0.226 e. The molecule has 0 bridgehead atoms. The van der Waals surface area contributed by atoms with Gasteiger partial charge in [0, 0.05) is 23.1 Å². The molecule has 0 unspecified atom stereocenters. The van der Waals surface area contributed by atoms with Crippen molar-refractivity contribution in [3.8, 4) is 0 Å². The number of benzene rings is 1. The molecule has 2 heterocycles. The quantitative estimate of drug-likeness (QED) is 0.740. The Hall–Kier alpha value is -2.46. The van der Waals surface area contributed by atoms with E-state index in [1.54, 1.807) is 12.3 Å². The normalized spacial score (nSPS) is 12.1. The van der Waals surface area contributed by atoms with Crippen molar-refractivity contribution in [2.75, 3.05) is 5.32 Å². The molecule has 0 saturated carbocycles. The zero-order valence-corrected chi connectivity index (χ0v) is 13.5. The first kappa shape index (κ1) is 15.4. The second-order valence-corrected chi connectivity index (χ2v) is 5.73. The molecule has 4 nitrogen and oxygen atoms in total. The van der Waals surface area contributed by atoms with E-state index in [9.17, 15) is 4.79 Å². The highest BCUT2D eigenvalue weighted by Crippen LogP contribution is 2.26. The van der Waals surface area contributed by atoms with Crippen LogP contribution in [0.4, 0.5) is 5.69 Å². The zero-order valence-electron chi connectivity index (χ0n) is 12.7. The van der Waals surface area contributed by atoms with Gasteiger partial charge in [-0.2, -0.15) is 0 Å². The number of nitrogens with one attached hydrogen (secondary N) is 1. The van der Waals surface area contributed by atoms with Crippen molar-refractivity contribution < 1.29 is 9.21 Å². The third kappa shape index (κ3) is 3.48. The molecule has 118 valence electrons. The molecule has 1 aromatic carbocycles. The number of halogens is 1. The lowest BCUT2D eigenvalue weighted by Gasteiger charge is -2.17. The van der Waals surface area contributed by atoms with Gasteiger partial charge in [0.2, 0.25) is 5.91 Å². The van der Waals surface area contributed by atoms with Crippen LogP contribution in [0.5, 0.6) is 0 Å². The number of anilines is 1. The van der Waals surface area contributed by atoms with E-state index < -0.39 is 0 Å². The van der Waals surface area contributed by atoms with Gasteiger partial charge >= 0.3 is 0 Å². The van der Waals surface area contributed by atoms with Crippen LogP contribution in [0.15, 0.2) is 65.5 Å². The summed E-state index contributed by atoms with van der Waals surface area (Å²) in [7, 11) is 0. The summed E-state index contributed by atoms with van der Waals surface area (Å²) in [5.74, 6) is 0.657. The SMILES string of the molecule is Cc1c(Cl)cccc1NC(=O)C[C@@H](c1ccco1)n1cccc1. The zero-order chi connectivity index (χ0) is 16.2. The summed E-state index contributed by atoms with van der Waals surface area (Å²) >= 11 is 6.10. The van der Waals surface area contributed by atoms with Gasteiger partial charge in [-0.15, -0.1) is 0 Å². The molecule has 0 aliphatic heterocycles. The number of aromatic nitrogens is 1. The van der Waals surface area contributed by atoms with E-state index in [-0.39, 0.29) is 18.4 Å². The summed E-state index contributed by atoms with van der Waals surface area (Å²) in [4.78, 5) is 12.5. The van der Waals surface area contributed by atoms with Crippen LogP contribution < -0.4 is 5.32 Å². The van der Waals surface area contributed by atoms with Gasteiger partial charge in [-0.3, -0.25) is 4.79 Å². The molecule has 5 heteroatoms. The minimum atomic E-state index is -0.181. The summed E-state index contributed by atoms with van der Waals surface area (Å²) in [6, 6.07) is 12.8. The first-order valence-electron chi connectivity index (χ1n) is 7.36. The first-order valence-corrected chi connectivity index (χ1v) is 7.74. The fourth-order valence-corrected chi connectivity index (χ4v) is 2.68. The first-order chi connectivity index (χ1) is 11.1. The summed E-state index contributed by atoms with van der Waals surface area (Å²) in [5.41, 5.74) is 1.59. The fourth-order valence-electron chi connectivity index (χ4n) is 2.51. The maximum absolute atomic E-state index is 12.5. The predicted molar refractivity (Wildman–Crippen MR) is 90.7 cm³/mol. The van der Waals surface area contributed by atoms with Crippen molar-refractivity contribution in [1.29, 1.82) is 0 Å². The van der Waals surface area contributed by atoms with Gasteiger partial charge in [-0.25, -0.2) is 0 Å². The van der Waals surface area contributed by atoms with E-state index in [1.807, 2.05) is 60.3 Å². The summed E-state index contributed by atoms with van der Waals surface area (Å²) < 4.78 is 7.45. The van der Waals surface area contributed by atoms with Crippen LogP contribution in [0.2, 0.25) is 5.02 Å². The van der Waals surface area contributed by atoms with Crippen LogP contribution in [0.1, 0.15) is 23.8 Å². The Labute approximate surface area is 139 Å². The van der Waals surface area contributed by atoms with Crippen LogP contribution in [0, 0.1) is 6.92 Å². The highest BCUT2D eigenvalue weighted by molar-refractivity contribution is 6.31. The number of hydrogen-bond acceptors (Lipinski definition) is 2. The molecule has 0 aliphatic rings. The Bertz CT molecular complexity index is 745. The minimum absolute atomic E-state index is 0.0922. The fraction of sp³-hybridized carbons (Fsp3) is 0.167. The monoisotopic (exact) mass is 328 g/mol. The lowest BCUT2D eigenvalue weighted by molar-refractivity contribution is -0.116. The van der Waals surface area contributed by atoms with E-state index >= 15 is 0 Å². The summed E-state index contributed by atoms with van der Waals surface area (Å²) in [5, 5.41) is 3.56. The molecule has 23 heavy (non-hydrogen) atoms. The molecule has 1 amide bonds. The summed E-state index contributed by atoms with van der Waals surface area (Å²) in [6.45, 7) is 1.88. The van der Waals surface area contributed by atoms with Gasteiger partial charge in [-0.05, 0) is 48.9 Å².